The first-order valence-corrected chi connectivity index (χ1v) is 4.57. The third-order valence-corrected chi connectivity index (χ3v) is 2.03. The molecule has 1 nitrogen and oxygen atoms in total. The Hall–Kier alpha value is -0.660. The van der Waals surface area contributed by atoms with Crippen molar-refractivity contribution in [3.8, 4) is 0 Å². The third-order valence-electron chi connectivity index (χ3n) is 1.69. The Bertz CT molecular complexity index is 310. The number of hydrogen-bond donors (Lipinski definition) is 0. The van der Waals surface area contributed by atoms with Gasteiger partial charge in [0.15, 0.2) is 5.76 Å². The normalized spacial score (nSPS) is 9.54. The second-order valence-corrected chi connectivity index (χ2v) is 3.61. The van der Waals surface area contributed by atoms with E-state index in [0.717, 1.165) is 5.56 Å². The maximum absolute atomic E-state index is 5.64. The molecule has 0 amide bonds. The zero-order valence-corrected chi connectivity index (χ0v) is 8.99. The lowest BCUT2D eigenvalue weighted by Gasteiger charge is -2.06. The summed E-state index contributed by atoms with van der Waals surface area (Å²) in [4.78, 5) is 0. The lowest BCUT2D eigenvalue weighted by Crippen LogP contribution is -1.87. The van der Waals surface area contributed by atoms with Crippen LogP contribution in [-0.4, -0.2) is 7.11 Å². The first kappa shape index (κ1) is 10.4. The molecule has 0 radical (unpaired) electrons. The van der Waals surface area contributed by atoms with Crippen molar-refractivity contribution < 1.29 is 4.74 Å². The summed E-state index contributed by atoms with van der Waals surface area (Å²) >= 11 is 11.3. The lowest BCUT2D eigenvalue weighted by molar-refractivity contribution is 0.370. The van der Waals surface area contributed by atoms with Crippen LogP contribution in [0, 0.1) is 6.92 Å². The second-order valence-electron chi connectivity index (χ2n) is 2.66. The van der Waals surface area contributed by atoms with Gasteiger partial charge in [-0.3, -0.25) is 0 Å². The van der Waals surface area contributed by atoms with E-state index in [0.29, 0.717) is 5.76 Å². The molecule has 0 atom stereocenters. The number of methoxy groups -OCH3 is 1. The molecule has 0 spiro atoms. The Morgan fingerprint density at radius 1 is 1.15 bits per heavy atom. The van der Waals surface area contributed by atoms with Gasteiger partial charge >= 0.3 is 0 Å². The molecule has 0 aliphatic rings. The fourth-order valence-corrected chi connectivity index (χ4v) is 1.38. The van der Waals surface area contributed by atoms with Crippen LogP contribution in [0.5, 0.6) is 0 Å². The summed E-state index contributed by atoms with van der Waals surface area (Å²) in [6.45, 7) is 2.02. The highest BCUT2D eigenvalue weighted by atomic mass is 35.5. The highest BCUT2D eigenvalue weighted by molar-refractivity contribution is 6.58. The van der Waals surface area contributed by atoms with Gasteiger partial charge in [-0.15, -0.1) is 0 Å². The molecule has 0 aromatic heterocycles. The maximum Gasteiger partial charge on any atom is 0.156 e. The molecule has 1 rings (SSSR count). The molecule has 0 saturated heterocycles. The van der Waals surface area contributed by atoms with Crippen LogP contribution in [0.3, 0.4) is 0 Å². The molecule has 0 unspecified atom stereocenters. The second kappa shape index (κ2) is 4.54. The standard InChI is InChI=1S/C10H10Cl2O/c1-7-3-5-8(6-4-7)9(13-2)10(11)12/h3-6H,1-2H3. The average Bonchev–Trinajstić information content (AvgIpc) is 2.09. The molecule has 70 valence electrons. The SMILES string of the molecule is COC(=C(Cl)Cl)c1ccc(C)cc1. The van der Waals surface area contributed by atoms with Gasteiger partial charge in [0.05, 0.1) is 7.11 Å². The highest BCUT2D eigenvalue weighted by Crippen LogP contribution is 2.24. The first-order chi connectivity index (χ1) is 6.15. The molecule has 1 aromatic rings. The number of benzene rings is 1. The van der Waals surface area contributed by atoms with E-state index in [1.54, 1.807) is 7.11 Å². The topological polar surface area (TPSA) is 9.23 Å². The van der Waals surface area contributed by atoms with Crippen LogP contribution in [0.15, 0.2) is 28.8 Å². The number of hydrogen-bond acceptors (Lipinski definition) is 1. The average molecular weight is 217 g/mol. The monoisotopic (exact) mass is 216 g/mol. The fraction of sp³-hybridized carbons (Fsp3) is 0.200. The number of rotatable bonds is 2. The van der Waals surface area contributed by atoms with Gasteiger partial charge in [0.2, 0.25) is 0 Å². The van der Waals surface area contributed by atoms with Gasteiger partial charge in [0.25, 0.3) is 0 Å². The molecular weight excluding hydrogens is 207 g/mol. The number of aryl methyl sites for hydroxylation is 1. The zero-order chi connectivity index (χ0) is 9.84. The minimum absolute atomic E-state index is 0.145. The van der Waals surface area contributed by atoms with Gasteiger partial charge < -0.3 is 4.74 Å². The Labute approximate surface area is 87.9 Å². The third kappa shape index (κ3) is 2.64. The summed E-state index contributed by atoms with van der Waals surface area (Å²) in [6.07, 6.45) is 0. The Morgan fingerprint density at radius 3 is 2.08 bits per heavy atom. The van der Waals surface area contributed by atoms with Crippen molar-refractivity contribution in [3.05, 3.63) is 39.9 Å². The Kier molecular flexibility index (Phi) is 3.64. The van der Waals surface area contributed by atoms with Gasteiger partial charge in [-0.25, -0.2) is 0 Å². The predicted molar refractivity (Wildman–Crippen MR) is 56.8 cm³/mol. The van der Waals surface area contributed by atoms with Crippen LogP contribution < -0.4 is 0 Å². The molecule has 0 aliphatic heterocycles. The quantitative estimate of drug-likeness (QED) is 0.685. The summed E-state index contributed by atoms with van der Waals surface area (Å²) < 4.78 is 5.20. The maximum atomic E-state index is 5.64. The van der Waals surface area contributed by atoms with Gasteiger partial charge in [0, 0.05) is 5.56 Å². The van der Waals surface area contributed by atoms with Crippen molar-refractivity contribution in [2.24, 2.45) is 0 Å². The summed E-state index contributed by atoms with van der Waals surface area (Å²) in [5, 5.41) is 0. The zero-order valence-electron chi connectivity index (χ0n) is 7.47. The molecule has 0 heterocycles. The minimum atomic E-state index is 0.145. The first-order valence-electron chi connectivity index (χ1n) is 3.81. The van der Waals surface area contributed by atoms with E-state index in [1.807, 2.05) is 31.2 Å². The fourth-order valence-electron chi connectivity index (χ4n) is 1.01. The summed E-state index contributed by atoms with van der Waals surface area (Å²) in [6, 6.07) is 7.79. The van der Waals surface area contributed by atoms with Gasteiger partial charge in [0.1, 0.15) is 4.49 Å². The Balaban J connectivity index is 3.07. The highest BCUT2D eigenvalue weighted by Gasteiger charge is 2.05. The summed E-state index contributed by atoms with van der Waals surface area (Å²) in [7, 11) is 1.54. The van der Waals surface area contributed by atoms with Crippen LogP contribution in [0.1, 0.15) is 11.1 Å². The van der Waals surface area contributed by atoms with E-state index in [4.69, 9.17) is 27.9 Å². The van der Waals surface area contributed by atoms with E-state index in [-0.39, 0.29) is 4.49 Å². The van der Waals surface area contributed by atoms with E-state index < -0.39 is 0 Å². The molecule has 0 saturated carbocycles. The largest absolute Gasteiger partial charge is 0.494 e. The molecule has 0 fully saturated rings. The van der Waals surface area contributed by atoms with Crippen LogP contribution in [0.2, 0.25) is 0 Å². The molecule has 0 bridgehead atoms. The van der Waals surface area contributed by atoms with Crippen molar-refractivity contribution in [2.45, 2.75) is 6.92 Å². The van der Waals surface area contributed by atoms with Gasteiger partial charge in [-0.2, -0.15) is 0 Å². The van der Waals surface area contributed by atoms with Crippen molar-refractivity contribution in [1.82, 2.24) is 0 Å². The summed E-state index contributed by atoms with van der Waals surface area (Å²) in [5.74, 6) is 0.503. The molecule has 13 heavy (non-hydrogen) atoms. The van der Waals surface area contributed by atoms with Crippen LogP contribution in [0.4, 0.5) is 0 Å². The summed E-state index contributed by atoms with van der Waals surface area (Å²) in [5.41, 5.74) is 2.07. The number of halogens is 2. The van der Waals surface area contributed by atoms with Crippen molar-refractivity contribution >= 4 is 29.0 Å². The van der Waals surface area contributed by atoms with Gasteiger partial charge in [-0.05, 0) is 6.92 Å². The smallest absolute Gasteiger partial charge is 0.156 e. The molecule has 3 heteroatoms. The van der Waals surface area contributed by atoms with Crippen LogP contribution >= 0.6 is 23.2 Å². The molecule has 1 aromatic carbocycles. The molecular formula is C10H10Cl2O. The van der Waals surface area contributed by atoms with E-state index in [2.05, 4.69) is 0 Å². The lowest BCUT2D eigenvalue weighted by atomic mass is 10.1. The molecule has 0 aliphatic carbocycles. The van der Waals surface area contributed by atoms with Crippen molar-refractivity contribution in [2.75, 3.05) is 7.11 Å². The van der Waals surface area contributed by atoms with Crippen molar-refractivity contribution in [1.29, 1.82) is 0 Å². The Morgan fingerprint density at radius 2 is 1.69 bits per heavy atom. The van der Waals surface area contributed by atoms with E-state index in [9.17, 15) is 0 Å². The minimum Gasteiger partial charge on any atom is -0.494 e. The predicted octanol–water partition coefficient (Wildman–Crippen LogP) is 3.75. The van der Waals surface area contributed by atoms with E-state index in [1.165, 1.54) is 5.56 Å². The van der Waals surface area contributed by atoms with E-state index >= 15 is 0 Å². The van der Waals surface area contributed by atoms with Crippen LogP contribution in [-0.2, 0) is 4.74 Å². The molecule has 0 N–H and O–H groups in total. The van der Waals surface area contributed by atoms with Crippen molar-refractivity contribution in [3.63, 3.8) is 0 Å². The van der Waals surface area contributed by atoms with Crippen LogP contribution in [0.25, 0.3) is 5.76 Å². The van der Waals surface area contributed by atoms with Gasteiger partial charge in [-0.1, -0.05) is 53.0 Å². The number of ether oxygens (including phenoxy) is 1.